The van der Waals surface area contributed by atoms with Gasteiger partial charge in [0.1, 0.15) is 0 Å². The Kier molecular flexibility index (Phi) is 4.08. The number of thiazole rings is 1. The molecule has 2 N–H and O–H groups in total. The largest absolute Gasteiger partial charge is 0.350 e. The molecule has 20 heavy (non-hydrogen) atoms. The standard InChI is InChI=1S/C15H23N3OS/c1-9-14(20-10(2)17-9)8-16-15(19)13-7-11-5-3-4-6-12(11)18-13/h11-13,18H,3-8H2,1-2H3,(H,16,19). The van der Waals surface area contributed by atoms with Gasteiger partial charge in [-0.1, -0.05) is 12.8 Å². The fourth-order valence-corrected chi connectivity index (χ4v) is 4.43. The van der Waals surface area contributed by atoms with Crippen LogP contribution in [0.4, 0.5) is 0 Å². The lowest BCUT2D eigenvalue weighted by molar-refractivity contribution is -0.123. The monoisotopic (exact) mass is 293 g/mol. The van der Waals surface area contributed by atoms with E-state index < -0.39 is 0 Å². The van der Waals surface area contributed by atoms with Crippen LogP contribution in [0.1, 0.15) is 47.7 Å². The van der Waals surface area contributed by atoms with Crippen LogP contribution < -0.4 is 10.6 Å². The molecule has 1 aromatic rings. The molecular formula is C15H23N3OS. The molecule has 0 bridgehead atoms. The molecule has 2 heterocycles. The van der Waals surface area contributed by atoms with Gasteiger partial charge in [-0.2, -0.15) is 0 Å². The van der Waals surface area contributed by atoms with E-state index in [1.807, 2.05) is 13.8 Å². The van der Waals surface area contributed by atoms with E-state index in [2.05, 4.69) is 15.6 Å². The van der Waals surface area contributed by atoms with Crippen LogP contribution in [0.15, 0.2) is 0 Å². The second kappa shape index (κ2) is 5.82. The zero-order valence-electron chi connectivity index (χ0n) is 12.2. The van der Waals surface area contributed by atoms with E-state index in [-0.39, 0.29) is 11.9 Å². The number of hydrogen-bond acceptors (Lipinski definition) is 4. The van der Waals surface area contributed by atoms with Gasteiger partial charge in [-0.15, -0.1) is 11.3 Å². The van der Waals surface area contributed by atoms with Crippen LogP contribution in [0.3, 0.4) is 0 Å². The highest BCUT2D eigenvalue weighted by Crippen LogP contribution is 2.33. The molecule has 1 aliphatic heterocycles. The molecule has 0 aromatic carbocycles. The summed E-state index contributed by atoms with van der Waals surface area (Å²) in [5.74, 6) is 0.872. The molecule has 1 aliphatic carbocycles. The Labute approximate surface area is 124 Å². The van der Waals surface area contributed by atoms with Crippen molar-refractivity contribution in [3.05, 3.63) is 15.6 Å². The number of nitrogens with zero attached hydrogens (tertiary/aromatic N) is 1. The summed E-state index contributed by atoms with van der Waals surface area (Å²) in [5, 5.41) is 7.66. The van der Waals surface area contributed by atoms with Crippen molar-refractivity contribution in [2.45, 2.75) is 64.6 Å². The van der Waals surface area contributed by atoms with Gasteiger partial charge in [0.15, 0.2) is 0 Å². The summed E-state index contributed by atoms with van der Waals surface area (Å²) in [4.78, 5) is 17.9. The van der Waals surface area contributed by atoms with E-state index in [1.165, 1.54) is 30.6 Å². The first-order valence-corrected chi connectivity index (χ1v) is 8.42. The van der Waals surface area contributed by atoms with Gasteiger partial charge in [0.05, 0.1) is 23.3 Å². The molecule has 1 amide bonds. The van der Waals surface area contributed by atoms with Gasteiger partial charge in [0, 0.05) is 10.9 Å². The molecule has 3 unspecified atom stereocenters. The number of carbonyl (C=O) groups excluding carboxylic acids is 1. The molecule has 4 nitrogen and oxygen atoms in total. The number of rotatable bonds is 3. The lowest BCUT2D eigenvalue weighted by atomic mass is 9.85. The van der Waals surface area contributed by atoms with Crippen LogP contribution >= 0.6 is 11.3 Å². The maximum Gasteiger partial charge on any atom is 0.237 e. The number of aryl methyl sites for hydroxylation is 2. The van der Waals surface area contributed by atoms with E-state index in [9.17, 15) is 4.79 Å². The van der Waals surface area contributed by atoms with E-state index in [0.717, 1.165) is 17.1 Å². The second-order valence-electron chi connectivity index (χ2n) is 6.07. The van der Waals surface area contributed by atoms with Crippen molar-refractivity contribution in [3.8, 4) is 0 Å². The quantitative estimate of drug-likeness (QED) is 0.899. The summed E-state index contributed by atoms with van der Waals surface area (Å²) < 4.78 is 0. The highest BCUT2D eigenvalue weighted by atomic mass is 32.1. The van der Waals surface area contributed by atoms with Gasteiger partial charge in [0.25, 0.3) is 0 Å². The van der Waals surface area contributed by atoms with Crippen molar-refractivity contribution < 1.29 is 4.79 Å². The summed E-state index contributed by atoms with van der Waals surface area (Å²) in [5.41, 5.74) is 1.04. The van der Waals surface area contributed by atoms with Crippen LogP contribution in [0, 0.1) is 19.8 Å². The van der Waals surface area contributed by atoms with Gasteiger partial charge in [-0.05, 0) is 39.0 Å². The van der Waals surface area contributed by atoms with Crippen LogP contribution in [0.2, 0.25) is 0 Å². The normalized spacial score (nSPS) is 29.2. The molecule has 1 aromatic heterocycles. The van der Waals surface area contributed by atoms with Crippen molar-refractivity contribution in [3.63, 3.8) is 0 Å². The summed E-state index contributed by atoms with van der Waals surface area (Å²) in [6.07, 6.45) is 6.17. The summed E-state index contributed by atoms with van der Waals surface area (Å²) in [7, 11) is 0. The van der Waals surface area contributed by atoms with Crippen LogP contribution in [-0.4, -0.2) is 23.0 Å². The van der Waals surface area contributed by atoms with Crippen LogP contribution in [0.5, 0.6) is 0 Å². The average Bonchev–Trinajstić information content (AvgIpc) is 2.99. The summed E-state index contributed by atoms with van der Waals surface area (Å²) in [6.45, 7) is 4.63. The number of fused-ring (bicyclic) bond motifs is 1. The fourth-order valence-electron chi connectivity index (χ4n) is 3.55. The lowest BCUT2D eigenvalue weighted by Crippen LogP contribution is -2.42. The number of hydrogen-bond donors (Lipinski definition) is 2. The Morgan fingerprint density at radius 1 is 1.40 bits per heavy atom. The number of nitrogens with one attached hydrogen (secondary N) is 2. The Morgan fingerprint density at radius 3 is 2.90 bits per heavy atom. The Hall–Kier alpha value is -0.940. The molecule has 0 radical (unpaired) electrons. The highest BCUT2D eigenvalue weighted by Gasteiger charge is 2.38. The average molecular weight is 293 g/mol. The fraction of sp³-hybridized carbons (Fsp3) is 0.733. The smallest absolute Gasteiger partial charge is 0.237 e. The minimum atomic E-state index is 0.0115. The first-order valence-electron chi connectivity index (χ1n) is 7.60. The minimum Gasteiger partial charge on any atom is -0.350 e. The molecule has 2 fully saturated rings. The summed E-state index contributed by atoms with van der Waals surface area (Å²) >= 11 is 1.67. The molecule has 0 spiro atoms. The molecule has 3 rings (SSSR count). The van der Waals surface area contributed by atoms with Gasteiger partial charge in [-0.25, -0.2) is 4.98 Å². The highest BCUT2D eigenvalue weighted by molar-refractivity contribution is 7.11. The minimum absolute atomic E-state index is 0.0115. The zero-order chi connectivity index (χ0) is 14.1. The first kappa shape index (κ1) is 14.0. The third-order valence-electron chi connectivity index (χ3n) is 4.60. The van der Waals surface area contributed by atoms with Gasteiger partial charge >= 0.3 is 0 Å². The zero-order valence-corrected chi connectivity index (χ0v) is 13.1. The lowest BCUT2D eigenvalue weighted by Gasteiger charge is -2.24. The van der Waals surface area contributed by atoms with Crippen molar-refractivity contribution in [2.24, 2.45) is 5.92 Å². The SMILES string of the molecule is Cc1nc(C)c(CNC(=O)C2CC3CCCCC3N2)s1. The molecule has 2 aliphatic rings. The maximum atomic E-state index is 12.3. The van der Waals surface area contributed by atoms with Crippen molar-refractivity contribution in [2.75, 3.05) is 0 Å². The first-order chi connectivity index (χ1) is 9.63. The van der Waals surface area contributed by atoms with Gasteiger partial charge in [-0.3, -0.25) is 4.79 Å². The number of carbonyl (C=O) groups is 1. The predicted octanol–water partition coefficient (Wildman–Crippen LogP) is 2.30. The maximum absolute atomic E-state index is 12.3. The predicted molar refractivity (Wildman–Crippen MR) is 80.7 cm³/mol. The number of aromatic nitrogens is 1. The Bertz CT molecular complexity index is 485. The molecule has 1 saturated heterocycles. The molecule has 3 atom stereocenters. The van der Waals surface area contributed by atoms with Crippen LogP contribution in [-0.2, 0) is 11.3 Å². The third-order valence-corrected chi connectivity index (χ3v) is 5.67. The Morgan fingerprint density at radius 2 is 2.20 bits per heavy atom. The van der Waals surface area contributed by atoms with Gasteiger partial charge in [0.2, 0.25) is 5.91 Å². The van der Waals surface area contributed by atoms with Crippen LogP contribution in [0.25, 0.3) is 0 Å². The second-order valence-corrected chi connectivity index (χ2v) is 7.35. The molecule has 110 valence electrons. The number of amides is 1. The van der Waals surface area contributed by atoms with Gasteiger partial charge < -0.3 is 10.6 Å². The van der Waals surface area contributed by atoms with Crippen molar-refractivity contribution in [1.29, 1.82) is 0 Å². The van der Waals surface area contributed by atoms with E-state index in [4.69, 9.17) is 0 Å². The molecular weight excluding hydrogens is 270 g/mol. The summed E-state index contributed by atoms with van der Waals surface area (Å²) in [6, 6.07) is 0.587. The molecule has 5 heteroatoms. The van der Waals surface area contributed by atoms with E-state index in [0.29, 0.717) is 18.5 Å². The van der Waals surface area contributed by atoms with E-state index >= 15 is 0 Å². The topological polar surface area (TPSA) is 54.0 Å². The van der Waals surface area contributed by atoms with Crippen molar-refractivity contribution in [1.82, 2.24) is 15.6 Å². The molecule has 1 saturated carbocycles. The third kappa shape index (κ3) is 2.88. The van der Waals surface area contributed by atoms with E-state index in [1.54, 1.807) is 11.3 Å². The van der Waals surface area contributed by atoms with Crippen molar-refractivity contribution >= 4 is 17.2 Å². The Balaban J connectivity index is 1.53.